The van der Waals surface area contributed by atoms with E-state index < -0.39 is 25.4 Å². The zero-order chi connectivity index (χ0) is 76.5. The van der Waals surface area contributed by atoms with Crippen LogP contribution in [0.15, 0.2) is 239 Å². The average molecular weight is 1690 g/mol. The van der Waals surface area contributed by atoms with Crippen molar-refractivity contribution in [1.29, 1.82) is 0 Å². The van der Waals surface area contributed by atoms with Crippen LogP contribution in [0.2, 0.25) is 15.1 Å². The number of nitrogens with one attached hydrogen (secondary N) is 3. The van der Waals surface area contributed by atoms with E-state index in [4.69, 9.17) is 68.4 Å². The molecule has 0 unspecified atom stereocenters. The third-order valence-corrected chi connectivity index (χ3v) is 21.1. The van der Waals surface area contributed by atoms with Crippen LogP contribution < -0.4 is 41.1 Å². The van der Waals surface area contributed by atoms with Gasteiger partial charge in [-0.05, 0) is 173 Å². The molecule has 1 fully saturated rings. The molecule has 107 heavy (non-hydrogen) atoms. The number of carbonyl (C=O) groups is 3. The Kier molecular flexibility index (Phi) is 28.3. The molecule has 0 saturated carbocycles. The number of rotatable bonds is 14. The number of amides is 3. The second kappa shape index (κ2) is 37.4. The molecule has 11 aromatic carbocycles. The number of methoxy groups -OCH3 is 3. The molecule has 15 rings (SSSR count). The van der Waals surface area contributed by atoms with Crippen LogP contribution in [0.5, 0.6) is 23.0 Å². The van der Waals surface area contributed by atoms with Crippen molar-refractivity contribution in [2.45, 2.75) is 82.8 Å². The molecule has 11 aromatic rings. The third-order valence-electron chi connectivity index (χ3n) is 18.5. The van der Waals surface area contributed by atoms with E-state index in [1.54, 1.807) is 50.6 Å². The van der Waals surface area contributed by atoms with E-state index in [0.717, 1.165) is 117 Å². The lowest BCUT2D eigenvalue weighted by Crippen LogP contribution is -2.41. The minimum Gasteiger partial charge on any atom is -0.508 e. The van der Waals surface area contributed by atoms with Gasteiger partial charge in [-0.2, -0.15) is 0 Å². The Morgan fingerprint density at radius 2 is 0.794 bits per heavy atom. The first kappa shape index (κ1) is 80.8. The number of hydrogen-bond donors (Lipinski definition) is 6. The van der Waals surface area contributed by atoms with Gasteiger partial charge < -0.3 is 54.6 Å². The molecule has 0 spiro atoms. The first-order valence-corrected chi connectivity index (χ1v) is 38.1. The summed E-state index contributed by atoms with van der Waals surface area (Å²) in [5, 5.41) is 38.7. The number of para-hydroxylation sites is 4. The highest BCUT2D eigenvalue weighted by Gasteiger charge is 2.52. The van der Waals surface area contributed by atoms with Gasteiger partial charge in [0, 0.05) is 77.7 Å². The summed E-state index contributed by atoms with van der Waals surface area (Å²) in [6, 6.07) is 74.7. The Bertz CT molecular complexity index is 4920. The second-order valence-electron chi connectivity index (χ2n) is 26.5. The topological polar surface area (TPSA) is 194 Å². The number of ether oxygens (including phenoxy) is 3. The van der Waals surface area contributed by atoms with Gasteiger partial charge in [0.15, 0.2) is 0 Å². The molecule has 0 bridgehead atoms. The number of benzene rings is 11. The van der Waals surface area contributed by atoms with Crippen molar-refractivity contribution in [2.24, 2.45) is 0 Å². The van der Waals surface area contributed by atoms with Gasteiger partial charge in [-0.3, -0.25) is 14.4 Å². The zero-order valence-electron chi connectivity index (χ0n) is 59.9. The SMILES string of the molecule is BrCc1ccc(Br)cc1.CC1(C)OB(c2cc3c(cc2Cl)NC(=O)C3)OC1(C)C.COc1ccccc1B(O)O.COc1ccccc1Cc1ccc(-c2cc3c(cc2Cl)NC(=O)C3)cc1.COc1ccccc1Cc1ccc(Br)cc1.O=C1Cc2cc(-c3ccc(Cc4ccccc4O)cc3)c(Cl)cc2N1. The van der Waals surface area contributed by atoms with Crippen LogP contribution in [0.4, 0.5) is 17.1 Å². The Morgan fingerprint density at radius 1 is 0.449 bits per heavy atom. The summed E-state index contributed by atoms with van der Waals surface area (Å²) in [7, 11) is 2.92. The van der Waals surface area contributed by atoms with Gasteiger partial charge in [0.2, 0.25) is 17.7 Å². The molecule has 3 amide bonds. The fourth-order valence-electron chi connectivity index (χ4n) is 12.0. The summed E-state index contributed by atoms with van der Waals surface area (Å²) < 4.78 is 29.9. The van der Waals surface area contributed by atoms with Crippen LogP contribution in [0.3, 0.4) is 0 Å². The van der Waals surface area contributed by atoms with Crippen molar-refractivity contribution in [2.75, 3.05) is 37.3 Å². The molecule has 0 atom stereocenters. The maximum Gasteiger partial charge on any atom is 0.496 e. The zero-order valence-corrected chi connectivity index (χ0v) is 66.9. The van der Waals surface area contributed by atoms with E-state index in [2.05, 4.69) is 137 Å². The number of phenolic OH excluding ortho intramolecular Hbond substituents is 1. The van der Waals surface area contributed by atoms with E-state index in [9.17, 15) is 19.5 Å². The van der Waals surface area contributed by atoms with Crippen molar-refractivity contribution in [3.8, 4) is 45.3 Å². The average Bonchev–Trinajstić information content (AvgIpc) is 1.61. The molecule has 22 heteroatoms. The largest absolute Gasteiger partial charge is 0.508 e. The maximum absolute atomic E-state index is 11.6. The van der Waals surface area contributed by atoms with Gasteiger partial charge in [-0.25, -0.2) is 0 Å². The summed E-state index contributed by atoms with van der Waals surface area (Å²) in [6.07, 6.45) is 3.55. The first-order valence-electron chi connectivity index (χ1n) is 34.3. The number of aromatic hydroxyl groups is 1. The number of phenols is 1. The molecule has 4 aliphatic heterocycles. The molecule has 1 saturated heterocycles. The van der Waals surface area contributed by atoms with Crippen LogP contribution in [0.1, 0.15) is 83.3 Å². The van der Waals surface area contributed by atoms with Crippen LogP contribution >= 0.6 is 82.6 Å². The summed E-state index contributed by atoms with van der Waals surface area (Å²) in [5.41, 5.74) is 17.7. The smallest absolute Gasteiger partial charge is 0.496 e. The quantitative estimate of drug-likeness (QED) is 0.0448. The van der Waals surface area contributed by atoms with E-state index in [0.29, 0.717) is 57.7 Å². The Balaban J connectivity index is 0.000000142. The fraction of sp³-hybridized carbons (Fsp3) is 0.188. The maximum atomic E-state index is 11.6. The number of alkyl halides is 1. The number of anilines is 3. The highest BCUT2D eigenvalue weighted by molar-refractivity contribution is 9.10. The third kappa shape index (κ3) is 21.6. The predicted molar refractivity (Wildman–Crippen MR) is 444 cm³/mol. The van der Waals surface area contributed by atoms with Crippen molar-refractivity contribution >= 4 is 143 Å². The van der Waals surface area contributed by atoms with Gasteiger partial charge >= 0.3 is 14.2 Å². The molecular formula is C85H79B2Br3Cl3N3O11. The number of fused-ring (bicyclic) bond motifs is 3. The van der Waals surface area contributed by atoms with Crippen LogP contribution in [-0.2, 0) is 67.5 Å². The van der Waals surface area contributed by atoms with Gasteiger partial charge in [-0.1, -0.05) is 234 Å². The first-order chi connectivity index (χ1) is 51.3. The number of halogens is 6. The van der Waals surface area contributed by atoms with Crippen molar-refractivity contribution in [3.63, 3.8) is 0 Å². The Hall–Kier alpha value is -8.69. The highest BCUT2D eigenvalue weighted by Crippen LogP contribution is 2.40. The van der Waals surface area contributed by atoms with Crippen LogP contribution in [0.25, 0.3) is 22.3 Å². The minimum atomic E-state index is -1.47. The van der Waals surface area contributed by atoms with Crippen molar-refractivity contribution in [1.82, 2.24) is 0 Å². The molecule has 4 heterocycles. The molecule has 0 aromatic heterocycles. The lowest BCUT2D eigenvalue weighted by Gasteiger charge is -2.32. The van der Waals surface area contributed by atoms with E-state index in [1.807, 2.05) is 149 Å². The van der Waals surface area contributed by atoms with Crippen molar-refractivity contribution in [3.05, 3.63) is 310 Å². The molecule has 0 aliphatic carbocycles. The van der Waals surface area contributed by atoms with Gasteiger partial charge in [0.25, 0.3) is 0 Å². The van der Waals surface area contributed by atoms with Gasteiger partial charge in [0.05, 0.1) is 61.8 Å². The molecule has 548 valence electrons. The molecule has 14 nitrogen and oxygen atoms in total. The monoisotopic (exact) mass is 1680 g/mol. The lowest BCUT2D eigenvalue weighted by molar-refractivity contribution is -0.115. The lowest BCUT2D eigenvalue weighted by atomic mass is 9.78. The van der Waals surface area contributed by atoms with E-state index in [1.165, 1.54) is 29.4 Å². The predicted octanol–water partition coefficient (Wildman–Crippen LogP) is 18.8. The van der Waals surface area contributed by atoms with Crippen molar-refractivity contribution < 1.29 is 53.1 Å². The standard InChI is InChI=1S/C22H18ClNO2.C21H16ClNO2.C14H17BClNO3.C14H13BrO.C7H9BO3.C7H6Br2/c1-26-21-5-3-2-4-16(21)10-14-6-8-15(9-7-14)18-11-17-12-22(25)24-20(17)13-19(18)23;22-18-12-19-16(11-21(25)23-19)10-17(18)14-7-5-13(6-8-14)9-15-3-1-2-4-20(15)24;1-13(2)14(3,4)20-15(19-13)9-5-8-6-12(18)17-11(8)7-10(9)16;1-16-14-5-3-2-4-12(14)10-11-6-8-13(15)9-7-11;1-11-7-5-3-2-4-6(7)8(9)10;8-5-6-1-3-7(9)4-2-6/h2-9,11,13H,10,12H2,1H3,(H,24,25);1-8,10,12,24H,9,11H2,(H,23,25);5,7H,6H2,1-4H3,(H,17,18);2-9H,10H2,1H3;2-5,9-10H,1H3;1-4H,5H2. The van der Waals surface area contributed by atoms with Crippen LogP contribution in [0, 0.1) is 0 Å². The Morgan fingerprint density at radius 3 is 1.19 bits per heavy atom. The normalized spacial score (nSPS) is 13.6. The van der Waals surface area contributed by atoms with E-state index in [-0.39, 0.29) is 17.7 Å². The number of hydrogen-bond acceptors (Lipinski definition) is 11. The molecule has 4 aliphatic rings. The summed E-state index contributed by atoms with van der Waals surface area (Å²) in [5.74, 6) is 2.65. The highest BCUT2D eigenvalue weighted by atomic mass is 79.9. The molecular weight excluding hydrogens is 1610 g/mol. The second-order valence-corrected chi connectivity index (χ2v) is 30.1. The van der Waals surface area contributed by atoms with Gasteiger partial charge in [-0.15, -0.1) is 0 Å². The molecule has 0 radical (unpaired) electrons. The fourth-order valence-corrected chi connectivity index (χ4v) is 13.7. The summed E-state index contributed by atoms with van der Waals surface area (Å²) in [6.45, 7) is 8.00. The van der Waals surface area contributed by atoms with Crippen LogP contribution in [-0.4, -0.2) is 79.6 Å². The summed E-state index contributed by atoms with van der Waals surface area (Å²) >= 11 is 29.3. The number of carbonyl (C=O) groups excluding carboxylic acids is 3. The molecule has 6 N–H and O–H groups in total. The van der Waals surface area contributed by atoms with Gasteiger partial charge in [0.1, 0.15) is 23.0 Å². The Labute approximate surface area is 665 Å². The minimum absolute atomic E-state index is 0.00114. The summed E-state index contributed by atoms with van der Waals surface area (Å²) in [4.78, 5) is 34.5. The van der Waals surface area contributed by atoms with E-state index >= 15 is 0 Å².